The van der Waals surface area contributed by atoms with Crippen LogP contribution in [0.1, 0.15) is 16.8 Å². The van der Waals surface area contributed by atoms with E-state index in [4.69, 9.17) is 4.74 Å². The lowest BCUT2D eigenvalue weighted by molar-refractivity contribution is -0.130. The van der Waals surface area contributed by atoms with Gasteiger partial charge in [0, 0.05) is 32.4 Å². The van der Waals surface area contributed by atoms with Crippen molar-refractivity contribution in [2.45, 2.75) is 17.9 Å². The molecule has 3 aromatic rings. The zero-order chi connectivity index (χ0) is 24.0. The summed E-state index contributed by atoms with van der Waals surface area (Å²) in [5, 5.41) is 0. The van der Waals surface area contributed by atoms with Crippen molar-refractivity contribution in [3.8, 4) is 17.1 Å². The Balaban J connectivity index is 1.55. The zero-order valence-electron chi connectivity index (χ0n) is 18.7. The van der Waals surface area contributed by atoms with Gasteiger partial charge in [-0.05, 0) is 47.4 Å². The Bertz CT molecular complexity index is 1290. The van der Waals surface area contributed by atoms with Gasteiger partial charge < -0.3 is 19.1 Å². The van der Waals surface area contributed by atoms with E-state index in [1.807, 2.05) is 23.1 Å². The number of nitrogens with zero attached hydrogens (tertiary/aromatic N) is 4. The molecule has 2 aromatic carbocycles. The van der Waals surface area contributed by atoms with Gasteiger partial charge in [-0.25, -0.2) is 18.7 Å². The Morgan fingerprint density at radius 3 is 2.79 bits per heavy atom. The number of hydrogen-bond donors (Lipinski definition) is 0. The first-order chi connectivity index (χ1) is 16.3. The maximum absolute atomic E-state index is 14.5. The summed E-state index contributed by atoms with van der Waals surface area (Å²) in [6, 6.07) is 8.76. The van der Waals surface area contributed by atoms with Crippen LogP contribution in [0, 0.1) is 11.6 Å². The van der Waals surface area contributed by atoms with Crippen molar-refractivity contribution < 1.29 is 22.9 Å². The molecule has 2 aliphatic rings. The van der Waals surface area contributed by atoms with Crippen molar-refractivity contribution in [1.82, 2.24) is 14.9 Å². The molecule has 5 rings (SSSR count). The Labute approximate surface area is 198 Å². The molecule has 1 atom stereocenters. The molecule has 2 aliphatic heterocycles. The molecule has 3 heterocycles. The van der Waals surface area contributed by atoms with Crippen molar-refractivity contribution in [2.75, 3.05) is 32.1 Å². The van der Waals surface area contributed by atoms with Crippen LogP contribution in [0.5, 0.6) is 5.75 Å². The summed E-state index contributed by atoms with van der Waals surface area (Å²) in [7, 11) is 3.32. The maximum atomic E-state index is 14.5. The van der Waals surface area contributed by atoms with E-state index in [0.717, 1.165) is 41.4 Å². The van der Waals surface area contributed by atoms with Gasteiger partial charge in [0.15, 0.2) is 12.4 Å². The van der Waals surface area contributed by atoms with Gasteiger partial charge in [-0.3, -0.25) is 4.79 Å². The van der Waals surface area contributed by atoms with Gasteiger partial charge in [0.1, 0.15) is 40.4 Å². The van der Waals surface area contributed by atoms with Crippen molar-refractivity contribution >= 4 is 28.6 Å². The van der Waals surface area contributed by atoms with E-state index in [0.29, 0.717) is 29.6 Å². The number of ether oxygens (including phenoxy) is 1. The average molecular weight is 485 g/mol. The fraction of sp³-hybridized carbons (Fsp3) is 0.292. The Hall–Kier alpha value is -3.24. The molecule has 1 amide bonds. The highest BCUT2D eigenvalue weighted by atomic mass is 32.2. The average Bonchev–Trinajstić information content (AvgIpc) is 3.40. The highest BCUT2D eigenvalue weighted by Gasteiger charge is 2.34. The van der Waals surface area contributed by atoms with E-state index in [1.165, 1.54) is 4.90 Å². The predicted molar refractivity (Wildman–Crippen MR) is 124 cm³/mol. The van der Waals surface area contributed by atoms with Gasteiger partial charge in [-0.15, -0.1) is 0 Å². The molecule has 0 aliphatic carbocycles. The number of carbonyl (C=O) groups is 1. The summed E-state index contributed by atoms with van der Waals surface area (Å²) in [5.74, 6) is 0.292. The van der Waals surface area contributed by atoms with Crippen LogP contribution in [-0.4, -0.2) is 52.6 Å². The lowest BCUT2D eigenvalue weighted by atomic mass is 10.1. The fourth-order valence-electron chi connectivity index (χ4n) is 4.10. The second-order valence-corrected chi connectivity index (χ2v) is 9.87. The van der Waals surface area contributed by atoms with Crippen LogP contribution in [0.4, 0.5) is 20.3 Å². The van der Waals surface area contributed by atoms with Gasteiger partial charge in [0.25, 0.3) is 5.91 Å². The minimum Gasteiger partial charge on any atom is -0.616 e. The number of amides is 1. The molecular formula is C24H22F2N4O3S. The molecule has 1 unspecified atom stereocenters. The highest BCUT2D eigenvalue weighted by Crippen LogP contribution is 2.41. The second kappa shape index (κ2) is 8.84. The first-order valence-electron chi connectivity index (χ1n) is 10.7. The topological polar surface area (TPSA) is 81.6 Å². The third-order valence-electron chi connectivity index (χ3n) is 5.91. The number of likely N-dealkylation sites (N-methyl/N-ethyl adjacent to an activating group) is 1. The smallest absolute Gasteiger partial charge is 0.259 e. The summed E-state index contributed by atoms with van der Waals surface area (Å²) < 4.78 is 46.4. The lowest BCUT2D eigenvalue weighted by Crippen LogP contribution is -2.27. The molecule has 0 spiro atoms. The standard InChI is InChI=1S/C24H22F2N4O3S/c1-29(2)22(31)11-33-16-5-3-14-7-8-30(21(14)10-16)24-18-12-34(32)13-20(18)27-23(28-24)17-9-15(25)4-6-19(17)26/h3-6,9-10H,7-8,11-13H2,1-2H3. The molecule has 34 heavy (non-hydrogen) atoms. The van der Waals surface area contributed by atoms with Crippen LogP contribution in [0.3, 0.4) is 0 Å². The first-order valence-corrected chi connectivity index (χ1v) is 12.2. The number of halogens is 2. The van der Waals surface area contributed by atoms with Crippen molar-refractivity contribution in [2.24, 2.45) is 0 Å². The number of hydrogen-bond acceptors (Lipinski definition) is 6. The monoisotopic (exact) mass is 484 g/mol. The highest BCUT2D eigenvalue weighted by molar-refractivity contribution is 7.90. The number of aromatic nitrogens is 2. The van der Waals surface area contributed by atoms with Gasteiger partial charge in [-0.1, -0.05) is 6.07 Å². The fourth-order valence-corrected chi connectivity index (χ4v) is 5.37. The molecule has 0 N–H and O–H groups in total. The van der Waals surface area contributed by atoms with Crippen LogP contribution in [0.25, 0.3) is 11.4 Å². The molecular weight excluding hydrogens is 462 g/mol. The molecule has 0 radical (unpaired) electrons. The molecule has 0 fully saturated rings. The minimum absolute atomic E-state index is 0.0413. The second-order valence-electron chi connectivity index (χ2n) is 8.42. The first kappa shape index (κ1) is 22.5. The van der Waals surface area contributed by atoms with E-state index in [9.17, 15) is 18.1 Å². The molecule has 0 saturated heterocycles. The van der Waals surface area contributed by atoms with E-state index < -0.39 is 22.8 Å². The maximum Gasteiger partial charge on any atom is 0.259 e. The number of carbonyl (C=O) groups excluding carboxylic acids is 1. The van der Waals surface area contributed by atoms with E-state index in [1.54, 1.807) is 14.1 Å². The molecule has 7 nitrogen and oxygen atoms in total. The third-order valence-corrected chi connectivity index (χ3v) is 7.12. The SMILES string of the molecule is CN(C)C(=O)COc1ccc2c(c1)N(c1nc(-c3cc(F)ccc3F)nc3c1C[S+]([O-])C3)CC2. The van der Waals surface area contributed by atoms with Crippen molar-refractivity contribution in [3.63, 3.8) is 0 Å². The van der Waals surface area contributed by atoms with Gasteiger partial charge in [-0.2, -0.15) is 0 Å². The number of anilines is 2. The van der Waals surface area contributed by atoms with Gasteiger partial charge >= 0.3 is 0 Å². The normalized spacial score (nSPS) is 16.4. The van der Waals surface area contributed by atoms with E-state index in [2.05, 4.69) is 9.97 Å². The minimum atomic E-state index is -1.14. The van der Waals surface area contributed by atoms with Crippen molar-refractivity contribution in [1.29, 1.82) is 0 Å². The van der Waals surface area contributed by atoms with Crippen LogP contribution in [-0.2, 0) is 33.9 Å². The number of rotatable bonds is 5. The quantitative estimate of drug-likeness (QED) is 0.517. The Kier molecular flexibility index (Phi) is 5.86. The Morgan fingerprint density at radius 1 is 1.18 bits per heavy atom. The molecule has 0 bridgehead atoms. The predicted octanol–water partition coefficient (Wildman–Crippen LogP) is 3.35. The lowest BCUT2D eigenvalue weighted by Gasteiger charge is -2.22. The number of benzene rings is 2. The van der Waals surface area contributed by atoms with Gasteiger partial charge in [0.05, 0.1) is 11.1 Å². The summed E-state index contributed by atoms with van der Waals surface area (Å²) in [4.78, 5) is 24.4. The Morgan fingerprint density at radius 2 is 2.00 bits per heavy atom. The summed E-state index contributed by atoms with van der Waals surface area (Å²) >= 11 is -1.14. The van der Waals surface area contributed by atoms with Crippen molar-refractivity contribution in [3.05, 3.63) is 64.9 Å². The summed E-state index contributed by atoms with van der Waals surface area (Å²) in [6.07, 6.45) is 0.748. The summed E-state index contributed by atoms with van der Waals surface area (Å²) in [5.41, 5.74) is 3.20. The molecule has 10 heteroatoms. The van der Waals surface area contributed by atoms with Crippen LogP contribution in [0.2, 0.25) is 0 Å². The number of fused-ring (bicyclic) bond motifs is 2. The van der Waals surface area contributed by atoms with E-state index >= 15 is 0 Å². The van der Waals surface area contributed by atoms with E-state index in [-0.39, 0.29) is 29.7 Å². The largest absolute Gasteiger partial charge is 0.616 e. The molecule has 1 aromatic heterocycles. The summed E-state index contributed by atoms with van der Waals surface area (Å²) in [6.45, 7) is 0.521. The van der Waals surface area contributed by atoms with Gasteiger partial charge in [0.2, 0.25) is 0 Å². The zero-order valence-corrected chi connectivity index (χ0v) is 19.5. The van der Waals surface area contributed by atoms with Crippen LogP contribution < -0.4 is 9.64 Å². The van der Waals surface area contributed by atoms with Crippen LogP contribution in [0.15, 0.2) is 36.4 Å². The van der Waals surface area contributed by atoms with Crippen LogP contribution >= 0.6 is 0 Å². The molecule has 176 valence electrons. The third kappa shape index (κ3) is 4.19. The molecule has 0 saturated carbocycles.